The molecule has 2 fully saturated rings. The van der Waals surface area contributed by atoms with Crippen molar-refractivity contribution in [3.8, 4) is 11.1 Å². The zero-order valence-corrected chi connectivity index (χ0v) is 20.3. The number of benzene rings is 2. The van der Waals surface area contributed by atoms with Crippen molar-refractivity contribution in [2.45, 2.75) is 70.1 Å². The number of alkyl carbamates (subject to hydrolysis) is 1. The summed E-state index contributed by atoms with van der Waals surface area (Å²) in [5.41, 5.74) is 4.38. The highest BCUT2D eigenvalue weighted by molar-refractivity contribution is 5.79. The van der Waals surface area contributed by atoms with Gasteiger partial charge in [-0.3, -0.25) is 0 Å². The molecule has 6 heteroatoms. The zero-order chi connectivity index (χ0) is 23.9. The van der Waals surface area contributed by atoms with E-state index in [1.807, 2.05) is 49.9 Å². The molecule has 1 N–H and O–H groups in total. The molecular formula is C28H34N2O4. The van der Waals surface area contributed by atoms with Gasteiger partial charge in [-0.05, 0) is 74.6 Å². The third-order valence-corrected chi connectivity index (χ3v) is 7.31. The predicted molar refractivity (Wildman–Crippen MR) is 131 cm³/mol. The first-order valence-corrected chi connectivity index (χ1v) is 12.4. The number of ether oxygens (including phenoxy) is 2. The fraction of sp³-hybridized carbons (Fsp3) is 0.500. The number of hydrogen-bond acceptors (Lipinski definition) is 4. The first kappa shape index (κ1) is 22.8. The van der Waals surface area contributed by atoms with Crippen LogP contribution in [0.25, 0.3) is 11.1 Å². The average molecular weight is 463 g/mol. The molecule has 3 atom stereocenters. The van der Waals surface area contributed by atoms with E-state index >= 15 is 0 Å². The van der Waals surface area contributed by atoms with E-state index in [9.17, 15) is 9.59 Å². The van der Waals surface area contributed by atoms with E-state index in [-0.39, 0.29) is 30.2 Å². The summed E-state index contributed by atoms with van der Waals surface area (Å²) < 4.78 is 11.3. The van der Waals surface area contributed by atoms with Gasteiger partial charge in [0.1, 0.15) is 12.2 Å². The maximum absolute atomic E-state index is 12.6. The standard InChI is InChI=1S/C28H34N2O4/c1-28(2,3)34-27(32)30-19-12-13-20(30)15-18(14-19)16-29-26(31)33-17-25-23-10-6-4-8-21(23)22-9-5-7-11-24(22)25/h4-11,18-20,25H,12-17H2,1-3H3,(H,29,31)/t18?,19-,20+. The molecule has 0 saturated carbocycles. The van der Waals surface area contributed by atoms with E-state index in [2.05, 4.69) is 29.6 Å². The minimum absolute atomic E-state index is 0.0612. The van der Waals surface area contributed by atoms with Crippen LogP contribution in [0, 0.1) is 5.92 Å². The molecule has 2 aliphatic heterocycles. The second kappa shape index (κ2) is 8.97. The Morgan fingerprint density at radius 3 is 2.06 bits per heavy atom. The molecule has 0 radical (unpaired) electrons. The summed E-state index contributed by atoms with van der Waals surface area (Å²) >= 11 is 0. The largest absolute Gasteiger partial charge is 0.449 e. The summed E-state index contributed by atoms with van der Waals surface area (Å²) in [6.45, 7) is 6.60. The Morgan fingerprint density at radius 2 is 1.50 bits per heavy atom. The second-order valence-corrected chi connectivity index (χ2v) is 10.8. The minimum Gasteiger partial charge on any atom is -0.449 e. The lowest BCUT2D eigenvalue weighted by molar-refractivity contribution is 0.00205. The van der Waals surface area contributed by atoms with Gasteiger partial charge in [-0.15, -0.1) is 0 Å². The lowest BCUT2D eigenvalue weighted by Gasteiger charge is -2.39. The van der Waals surface area contributed by atoms with Gasteiger partial charge < -0.3 is 19.7 Å². The molecule has 5 rings (SSSR count). The Morgan fingerprint density at radius 1 is 0.941 bits per heavy atom. The molecule has 2 aromatic rings. The van der Waals surface area contributed by atoms with Gasteiger partial charge in [-0.2, -0.15) is 0 Å². The van der Waals surface area contributed by atoms with Crippen LogP contribution in [0.5, 0.6) is 0 Å². The van der Waals surface area contributed by atoms with Crippen LogP contribution in [0.1, 0.15) is 63.5 Å². The van der Waals surface area contributed by atoms with Crippen LogP contribution in [0.2, 0.25) is 0 Å². The van der Waals surface area contributed by atoms with Gasteiger partial charge in [0.25, 0.3) is 0 Å². The van der Waals surface area contributed by atoms with Crippen LogP contribution in [0.15, 0.2) is 48.5 Å². The topological polar surface area (TPSA) is 67.9 Å². The second-order valence-electron chi connectivity index (χ2n) is 10.8. The summed E-state index contributed by atoms with van der Waals surface area (Å²) in [4.78, 5) is 27.1. The van der Waals surface area contributed by atoms with Gasteiger partial charge in [-0.25, -0.2) is 9.59 Å². The molecule has 180 valence electrons. The molecule has 2 aromatic carbocycles. The molecular weight excluding hydrogens is 428 g/mol. The minimum atomic E-state index is -0.487. The predicted octanol–water partition coefficient (Wildman–Crippen LogP) is 5.70. The third-order valence-electron chi connectivity index (χ3n) is 7.31. The summed E-state index contributed by atoms with van der Waals surface area (Å²) in [5.74, 6) is 0.405. The van der Waals surface area contributed by atoms with E-state index in [4.69, 9.17) is 9.47 Å². The van der Waals surface area contributed by atoms with Crippen molar-refractivity contribution in [3.05, 3.63) is 59.7 Å². The molecule has 2 heterocycles. The highest BCUT2D eigenvalue weighted by Gasteiger charge is 2.44. The van der Waals surface area contributed by atoms with Gasteiger partial charge in [0.2, 0.25) is 0 Å². The van der Waals surface area contributed by atoms with Crippen LogP contribution in [-0.2, 0) is 9.47 Å². The van der Waals surface area contributed by atoms with Crippen molar-refractivity contribution in [1.29, 1.82) is 0 Å². The number of fused-ring (bicyclic) bond motifs is 5. The number of hydrogen-bond donors (Lipinski definition) is 1. The number of nitrogens with one attached hydrogen (secondary N) is 1. The quantitative estimate of drug-likeness (QED) is 0.633. The average Bonchev–Trinajstić information content (AvgIpc) is 3.26. The number of carbonyl (C=O) groups excluding carboxylic acids is 2. The molecule has 34 heavy (non-hydrogen) atoms. The third kappa shape index (κ3) is 4.50. The summed E-state index contributed by atoms with van der Waals surface area (Å²) in [5, 5.41) is 2.98. The Hall–Kier alpha value is -3.02. The fourth-order valence-electron chi connectivity index (χ4n) is 5.95. The van der Waals surface area contributed by atoms with Crippen LogP contribution >= 0.6 is 0 Å². The van der Waals surface area contributed by atoms with Crippen LogP contribution in [-0.4, -0.2) is 47.9 Å². The SMILES string of the molecule is CC(C)(C)OC(=O)N1[C@@H]2CC[C@H]1CC(CNC(=O)OCC1c3ccccc3-c3ccccc31)C2. The van der Waals surface area contributed by atoms with Crippen molar-refractivity contribution < 1.29 is 19.1 Å². The van der Waals surface area contributed by atoms with Gasteiger partial charge in [-0.1, -0.05) is 48.5 Å². The molecule has 2 saturated heterocycles. The molecule has 2 amide bonds. The fourth-order valence-corrected chi connectivity index (χ4v) is 5.95. The van der Waals surface area contributed by atoms with E-state index in [1.54, 1.807) is 0 Å². The molecule has 0 aromatic heterocycles. The van der Waals surface area contributed by atoms with Crippen molar-refractivity contribution in [2.24, 2.45) is 5.92 Å². The number of rotatable bonds is 4. The van der Waals surface area contributed by atoms with Crippen LogP contribution < -0.4 is 5.32 Å². The Balaban J connectivity index is 1.13. The van der Waals surface area contributed by atoms with Crippen LogP contribution in [0.4, 0.5) is 9.59 Å². The lowest BCUT2D eigenvalue weighted by atomic mass is 9.91. The number of nitrogens with zero attached hydrogens (tertiary/aromatic N) is 1. The Kier molecular flexibility index (Phi) is 6.00. The number of amides is 2. The normalized spacial score (nSPS) is 23.3. The molecule has 0 spiro atoms. The monoisotopic (exact) mass is 462 g/mol. The van der Waals surface area contributed by atoms with Gasteiger partial charge in [0.15, 0.2) is 0 Å². The zero-order valence-electron chi connectivity index (χ0n) is 20.3. The summed E-state index contributed by atoms with van der Waals surface area (Å²) in [7, 11) is 0. The molecule has 6 nitrogen and oxygen atoms in total. The van der Waals surface area contributed by atoms with Gasteiger partial charge >= 0.3 is 12.2 Å². The lowest BCUT2D eigenvalue weighted by Crippen LogP contribution is -2.50. The van der Waals surface area contributed by atoms with E-state index < -0.39 is 5.60 Å². The first-order valence-electron chi connectivity index (χ1n) is 12.4. The summed E-state index contributed by atoms with van der Waals surface area (Å²) in [6, 6.07) is 17.1. The maximum Gasteiger partial charge on any atom is 0.410 e. The van der Waals surface area contributed by atoms with Gasteiger partial charge in [0.05, 0.1) is 0 Å². The van der Waals surface area contributed by atoms with E-state index in [0.29, 0.717) is 19.1 Å². The maximum atomic E-state index is 12.6. The highest BCUT2D eigenvalue weighted by atomic mass is 16.6. The Bertz CT molecular complexity index is 1020. The van der Waals surface area contributed by atoms with Crippen molar-refractivity contribution in [3.63, 3.8) is 0 Å². The summed E-state index contributed by atoms with van der Waals surface area (Å²) in [6.07, 6.45) is 3.21. The van der Waals surface area contributed by atoms with E-state index in [1.165, 1.54) is 22.3 Å². The van der Waals surface area contributed by atoms with Crippen molar-refractivity contribution in [1.82, 2.24) is 10.2 Å². The molecule has 3 aliphatic rings. The Labute approximate surface area is 201 Å². The van der Waals surface area contributed by atoms with E-state index in [0.717, 1.165) is 25.7 Å². The van der Waals surface area contributed by atoms with Crippen molar-refractivity contribution in [2.75, 3.05) is 13.2 Å². The van der Waals surface area contributed by atoms with Crippen molar-refractivity contribution >= 4 is 12.2 Å². The smallest absolute Gasteiger partial charge is 0.410 e. The number of piperidine rings is 1. The molecule has 1 aliphatic carbocycles. The first-order chi connectivity index (χ1) is 16.3. The highest BCUT2D eigenvalue weighted by Crippen LogP contribution is 2.44. The number of carbonyl (C=O) groups is 2. The van der Waals surface area contributed by atoms with Gasteiger partial charge in [0, 0.05) is 24.5 Å². The van der Waals surface area contributed by atoms with Crippen LogP contribution in [0.3, 0.4) is 0 Å². The molecule has 1 unspecified atom stereocenters. The molecule has 2 bridgehead atoms.